The number of aryl methyl sites for hydroxylation is 1. The summed E-state index contributed by atoms with van der Waals surface area (Å²) in [5.41, 5.74) is 0.875. The number of hydrogen-bond donors (Lipinski definition) is 1. The fourth-order valence-electron chi connectivity index (χ4n) is 3.81. The van der Waals surface area contributed by atoms with Gasteiger partial charge < -0.3 is 10.2 Å². The zero-order valence-corrected chi connectivity index (χ0v) is 15.3. The van der Waals surface area contributed by atoms with E-state index in [1.807, 2.05) is 18.1 Å². The maximum Gasteiger partial charge on any atom is 0.244 e. The van der Waals surface area contributed by atoms with Gasteiger partial charge in [-0.3, -0.25) is 19.2 Å². The van der Waals surface area contributed by atoms with Crippen LogP contribution in [-0.4, -0.2) is 58.7 Å². The molecule has 0 spiro atoms. The Kier molecular flexibility index (Phi) is 5.73. The molecule has 2 saturated heterocycles. The Labute approximate surface area is 149 Å². The Morgan fingerprint density at radius 1 is 1.28 bits per heavy atom. The van der Waals surface area contributed by atoms with E-state index < -0.39 is 0 Å². The minimum absolute atomic E-state index is 0.0516. The molecule has 0 aliphatic carbocycles. The number of amides is 2. The molecule has 138 valence electrons. The number of anilines is 1. The van der Waals surface area contributed by atoms with E-state index in [1.165, 1.54) is 0 Å². The summed E-state index contributed by atoms with van der Waals surface area (Å²) in [5, 5.41) is 7.19. The van der Waals surface area contributed by atoms with E-state index in [9.17, 15) is 9.59 Å². The molecule has 3 rings (SSSR count). The molecule has 7 heteroatoms. The van der Waals surface area contributed by atoms with Crippen LogP contribution in [0.25, 0.3) is 0 Å². The quantitative estimate of drug-likeness (QED) is 0.784. The molecule has 0 radical (unpaired) electrons. The van der Waals surface area contributed by atoms with Gasteiger partial charge in [0.1, 0.15) is 0 Å². The first kappa shape index (κ1) is 17.9. The lowest BCUT2D eigenvalue weighted by atomic mass is 9.94. The van der Waals surface area contributed by atoms with E-state index in [-0.39, 0.29) is 23.8 Å². The zero-order chi connectivity index (χ0) is 17.8. The van der Waals surface area contributed by atoms with Gasteiger partial charge in [-0.25, -0.2) is 0 Å². The minimum Gasteiger partial charge on any atom is -0.356 e. The fourth-order valence-corrected chi connectivity index (χ4v) is 3.81. The highest BCUT2D eigenvalue weighted by atomic mass is 16.2. The Hall–Kier alpha value is -1.89. The summed E-state index contributed by atoms with van der Waals surface area (Å²) in [6.07, 6.45) is 8.28. The fraction of sp³-hybridized carbons (Fsp3) is 0.722. The van der Waals surface area contributed by atoms with Crippen LogP contribution in [-0.2, 0) is 16.6 Å². The zero-order valence-electron chi connectivity index (χ0n) is 15.3. The maximum atomic E-state index is 12.8. The van der Waals surface area contributed by atoms with Gasteiger partial charge >= 0.3 is 0 Å². The van der Waals surface area contributed by atoms with Gasteiger partial charge in [0.25, 0.3) is 0 Å². The summed E-state index contributed by atoms with van der Waals surface area (Å²) < 4.78 is 1.72. The normalized spacial score (nSPS) is 22.6. The van der Waals surface area contributed by atoms with E-state index in [2.05, 4.69) is 22.2 Å². The van der Waals surface area contributed by atoms with Crippen LogP contribution in [0.4, 0.5) is 5.69 Å². The van der Waals surface area contributed by atoms with Crippen LogP contribution in [0.15, 0.2) is 12.4 Å². The summed E-state index contributed by atoms with van der Waals surface area (Å²) in [7, 11) is 1.86. The molecule has 1 N–H and O–H groups in total. The highest BCUT2D eigenvalue weighted by Gasteiger charge is 2.39. The molecule has 3 heterocycles. The van der Waals surface area contributed by atoms with Gasteiger partial charge in [-0.05, 0) is 38.8 Å². The SMILES string of the molecule is CCCCNC(=O)C1CCN(C2CCN(c3cnn(C)c3)C2=O)CC1. The average molecular weight is 347 g/mol. The standard InChI is InChI=1S/C18H29N5O2/c1-3-4-8-19-17(24)14-5-9-22(10-6-14)16-7-11-23(18(16)25)15-12-20-21(2)13-15/h12-14,16H,3-11H2,1-2H3,(H,19,24). The van der Waals surface area contributed by atoms with Gasteiger partial charge in [0.05, 0.1) is 17.9 Å². The molecule has 1 aromatic rings. The Balaban J connectivity index is 1.50. The minimum atomic E-state index is -0.0516. The first-order valence-corrected chi connectivity index (χ1v) is 9.42. The van der Waals surface area contributed by atoms with Crippen LogP contribution in [0.1, 0.15) is 39.0 Å². The lowest BCUT2D eigenvalue weighted by molar-refractivity contribution is -0.127. The molecule has 0 bridgehead atoms. The van der Waals surface area contributed by atoms with Gasteiger partial charge in [-0.1, -0.05) is 13.3 Å². The number of carbonyl (C=O) groups excluding carboxylic acids is 2. The lowest BCUT2D eigenvalue weighted by Gasteiger charge is -2.34. The van der Waals surface area contributed by atoms with E-state index in [1.54, 1.807) is 10.9 Å². The van der Waals surface area contributed by atoms with Crippen LogP contribution in [0.2, 0.25) is 0 Å². The van der Waals surface area contributed by atoms with Crippen molar-refractivity contribution in [3.8, 4) is 0 Å². The van der Waals surface area contributed by atoms with Crippen molar-refractivity contribution in [2.45, 2.75) is 45.1 Å². The largest absolute Gasteiger partial charge is 0.356 e. The predicted molar refractivity (Wildman–Crippen MR) is 96.2 cm³/mol. The van der Waals surface area contributed by atoms with Crippen molar-refractivity contribution in [2.75, 3.05) is 31.1 Å². The maximum absolute atomic E-state index is 12.8. The van der Waals surface area contributed by atoms with Gasteiger partial charge in [-0.2, -0.15) is 5.10 Å². The predicted octanol–water partition coefficient (Wildman–Crippen LogP) is 1.15. The van der Waals surface area contributed by atoms with Crippen molar-refractivity contribution in [1.29, 1.82) is 0 Å². The lowest BCUT2D eigenvalue weighted by Crippen LogP contribution is -2.48. The Morgan fingerprint density at radius 2 is 2.04 bits per heavy atom. The van der Waals surface area contributed by atoms with E-state index in [0.29, 0.717) is 0 Å². The third kappa shape index (κ3) is 4.03. The molecule has 1 atom stereocenters. The molecule has 0 aromatic carbocycles. The smallest absolute Gasteiger partial charge is 0.244 e. The van der Waals surface area contributed by atoms with Crippen molar-refractivity contribution in [2.24, 2.45) is 13.0 Å². The average Bonchev–Trinajstić information content (AvgIpc) is 3.21. The first-order valence-electron chi connectivity index (χ1n) is 9.42. The first-order chi connectivity index (χ1) is 12.1. The van der Waals surface area contributed by atoms with Crippen molar-refractivity contribution in [3.05, 3.63) is 12.4 Å². The third-order valence-corrected chi connectivity index (χ3v) is 5.35. The molecule has 2 aliphatic heterocycles. The molecule has 1 unspecified atom stereocenters. The molecular weight excluding hydrogens is 318 g/mol. The highest BCUT2D eigenvalue weighted by Crippen LogP contribution is 2.27. The number of nitrogens with one attached hydrogen (secondary N) is 1. The van der Waals surface area contributed by atoms with E-state index in [0.717, 1.165) is 64.0 Å². The van der Waals surface area contributed by atoms with Crippen molar-refractivity contribution >= 4 is 17.5 Å². The monoisotopic (exact) mass is 347 g/mol. The molecule has 2 fully saturated rings. The Morgan fingerprint density at radius 3 is 2.68 bits per heavy atom. The summed E-state index contributed by atoms with van der Waals surface area (Å²) in [6.45, 7) is 5.29. The number of piperidine rings is 1. The number of carbonyl (C=O) groups is 2. The number of likely N-dealkylation sites (tertiary alicyclic amines) is 1. The van der Waals surface area contributed by atoms with E-state index >= 15 is 0 Å². The number of unbranched alkanes of at least 4 members (excludes halogenated alkanes) is 1. The van der Waals surface area contributed by atoms with E-state index in [4.69, 9.17) is 0 Å². The molecule has 25 heavy (non-hydrogen) atoms. The second kappa shape index (κ2) is 7.99. The van der Waals surface area contributed by atoms with Gasteiger partial charge in [0, 0.05) is 32.3 Å². The number of rotatable bonds is 6. The van der Waals surface area contributed by atoms with Crippen molar-refractivity contribution in [1.82, 2.24) is 20.0 Å². The number of hydrogen-bond acceptors (Lipinski definition) is 4. The third-order valence-electron chi connectivity index (χ3n) is 5.35. The summed E-state index contributed by atoms with van der Waals surface area (Å²) >= 11 is 0. The van der Waals surface area contributed by atoms with Crippen LogP contribution in [0.5, 0.6) is 0 Å². The molecule has 0 saturated carbocycles. The van der Waals surface area contributed by atoms with Gasteiger partial charge in [-0.15, -0.1) is 0 Å². The van der Waals surface area contributed by atoms with Crippen LogP contribution in [0.3, 0.4) is 0 Å². The molecule has 7 nitrogen and oxygen atoms in total. The Bertz CT molecular complexity index is 606. The molecule has 2 aliphatic rings. The highest BCUT2D eigenvalue weighted by molar-refractivity contribution is 5.99. The molecule has 2 amide bonds. The van der Waals surface area contributed by atoms with Crippen LogP contribution >= 0.6 is 0 Å². The van der Waals surface area contributed by atoms with Crippen LogP contribution < -0.4 is 10.2 Å². The second-order valence-electron chi connectivity index (χ2n) is 7.12. The van der Waals surface area contributed by atoms with Crippen molar-refractivity contribution in [3.63, 3.8) is 0 Å². The summed E-state index contributed by atoms with van der Waals surface area (Å²) in [5.74, 6) is 0.445. The topological polar surface area (TPSA) is 70.5 Å². The molecular formula is C18H29N5O2. The molecule has 1 aromatic heterocycles. The van der Waals surface area contributed by atoms with Gasteiger partial charge in [0.2, 0.25) is 11.8 Å². The second-order valence-corrected chi connectivity index (χ2v) is 7.12. The summed E-state index contributed by atoms with van der Waals surface area (Å²) in [6, 6.07) is -0.0516. The van der Waals surface area contributed by atoms with Gasteiger partial charge in [0.15, 0.2) is 0 Å². The summed E-state index contributed by atoms with van der Waals surface area (Å²) in [4.78, 5) is 29.1. The number of nitrogens with zero attached hydrogens (tertiary/aromatic N) is 4. The van der Waals surface area contributed by atoms with Crippen molar-refractivity contribution < 1.29 is 9.59 Å². The van der Waals surface area contributed by atoms with Crippen LogP contribution in [0, 0.1) is 5.92 Å². The number of aromatic nitrogens is 2.